The van der Waals surface area contributed by atoms with Crippen LogP contribution in [0.4, 0.5) is 0 Å². The quantitative estimate of drug-likeness (QED) is 0.868. The highest BCUT2D eigenvalue weighted by Crippen LogP contribution is 2.22. The van der Waals surface area contributed by atoms with Crippen molar-refractivity contribution in [3.63, 3.8) is 0 Å². The number of aromatic nitrogens is 2. The number of aryl methyl sites for hydroxylation is 1. The number of hydrogen-bond acceptors (Lipinski definition) is 2. The van der Waals surface area contributed by atoms with Crippen LogP contribution in [0.5, 0.6) is 0 Å². The fourth-order valence-electron chi connectivity index (χ4n) is 3.04. The first-order valence-corrected chi connectivity index (χ1v) is 7.58. The maximum atomic E-state index is 12.7. The molecule has 1 amide bonds. The van der Waals surface area contributed by atoms with E-state index in [1.807, 2.05) is 24.2 Å². The van der Waals surface area contributed by atoms with E-state index in [2.05, 4.69) is 29.4 Å². The molecule has 1 unspecified atom stereocenters. The van der Waals surface area contributed by atoms with Crippen LogP contribution in [0.2, 0.25) is 0 Å². The maximum absolute atomic E-state index is 12.7. The zero-order valence-electron chi connectivity index (χ0n) is 12.4. The molecular weight excluding hydrogens is 262 g/mol. The van der Waals surface area contributed by atoms with Gasteiger partial charge in [-0.25, -0.2) is 0 Å². The number of amides is 1. The van der Waals surface area contributed by atoms with Crippen LogP contribution in [-0.2, 0) is 13.5 Å². The number of likely N-dealkylation sites (tertiary alicyclic amines) is 1. The average Bonchev–Trinajstić information content (AvgIpc) is 2.95. The van der Waals surface area contributed by atoms with Crippen molar-refractivity contribution in [2.24, 2.45) is 7.05 Å². The van der Waals surface area contributed by atoms with E-state index >= 15 is 0 Å². The van der Waals surface area contributed by atoms with E-state index in [0.29, 0.717) is 5.69 Å². The molecule has 1 aromatic carbocycles. The molecule has 0 aliphatic carbocycles. The topological polar surface area (TPSA) is 38.1 Å². The summed E-state index contributed by atoms with van der Waals surface area (Å²) in [6.45, 7) is 0.840. The molecule has 2 heterocycles. The number of rotatable bonds is 3. The summed E-state index contributed by atoms with van der Waals surface area (Å²) in [5.74, 6) is 0.0660. The Hall–Kier alpha value is -2.10. The molecule has 0 saturated carbocycles. The Morgan fingerprint density at radius 2 is 2.05 bits per heavy atom. The van der Waals surface area contributed by atoms with Gasteiger partial charge in [0.25, 0.3) is 5.91 Å². The van der Waals surface area contributed by atoms with Gasteiger partial charge in [-0.3, -0.25) is 9.48 Å². The van der Waals surface area contributed by atoms with Gasteiger partial charge in [-0.2, -0.15) is 5.10 Å². The van der Waals surface area contributed by atoms with E-state index in [1.54, 1.807) is 10.7 Å². The first-order chi connectivity index (χ1) is 10.2. The lowest BCUT2D eigenvalue weighted by Gasteiger charge is -2.35. The molecule has 0 N–H and O–H groups in total. The zero-order valence-corrected chi connectivity index (χ0v) is 12.4. The molecule has 0 bridgehead atoms. The van der Waals surface area contributed by atoms with E-state index in [9.17, 15) is 4.79 Å². The standard InChI is InChI=1S/C17H21N3O/c1-19-12-10-16(18-19)17(21)20-11-6-5-9-15(20)13-14-7-3-2-4-8-14/h2-4,7-8,10,12,15H,5-6,9,11,13H2,1H3. The lowest BCUT2D eigenvalue weighted by atomic mass is 9.95. The van der Waals surface area contributed by atoms with E-state index in [4.69, 9.17) is 0 Å². The molecular formula is C17H21N3O. The second-order valence-corrected chi connectivity index (χ2v) is 5.71. The fraction of sp³-hybridized carbons (Fsp3) is 0.412. The molecule has 0 spiro atoms. The Morgan fingerprint density at radius 3 is 2.76 bits per heavy atom. The number of nitrogens with zero attached hydrogens (tertiary/aromatic N) is 3. The van der Waals surface area contributed by atoms with Crippen LogP contribution < -0.4 is 0 Å². The number of carbonyl (C=O) groups excluding carboxylic acids is 1. The minimum absolute atomic E-state index is 0.0660. The van der Waals surface area contributed by atoms with Crippen LogP contribution in [0.1, 0.15) is 35.3 Å². The molecule has 1 aliphatic rings. The molecule has 1 aromatic heterocycles. The summed E-state index contributed by atoms with van der Waals surface area (Å²) < 4.78 is 1.68. The van der Waals surface area contributed by atoms with Gasteiger partial charge >= 0.3 is 0 Å². The number of benzene rings is 1. The van der Waals surface area contributed by atoms with Gasteiger partial charge in [0.05, 0.1) is 0 Å². The molecule has 1 atom stereocenters. The third-order valence-electron chi connectivity index (χ3n) is 4.13. The summed E-state index contributed by atoms with van der Waals surface area (Å²) >= 11 is 0. The first kappa shape index (κ1) is 13.9. The summed E-state index contributed by atoms with van der Waals surface area (Å²) in [4.78, 5) is 14.7. The van der Waals surface area contributed by atoms with Gasteiger partial charge in [0.15, 0.2) is 0 Å². The van der Waals surface area contributed by atoms with Gasteiger partial charge < -0.3 is 4.90 Å². The number of piperidine rings is 1. The van der Waals surface area contributed by atoms with E-state index < -0.39 is 0 Å². The Bertz CT molecular complexity index is 606. The average molecular weight is 283 g/mol. The summed E-state index contributed by atoms with van der Waals surface area (Å²) in [6.07, 6.45) is 6.11. The molecule has 2 aromatic rings. The van der Waals surface area contributed by atoms with E-state index in [0.717, 1.165) is 25.8 Å². The van der Waals surface area contributed by atoms with Crippen molar-refractivity contribution in [1.29, 1.82) is 0 Å². The van der Waals surface area contributed by atoms with E-state index in [-0.39, 0.29) is 11.9 Å². The highest BCUT2D eigenvalue weighted by molar-refractivity contribution is 5.92. The van der Waals surface area contributed by atoms with Crippen molar-refractivity contribution in [3.05, 3.63) is 53.9 Å². The third kappa shape index (κ3) is 3.15. The summed E-state index contributed by atoms with van der Waals surface area (Å²) in [5, 5.41) is 4.25. The highest BCUT2D eigenvalue weighted by Gasteiger charge is 2.28. The SMILES string of the molecule is Cn1ccc(C(=O)N2CCCCC2Cc2ccccc2)n1. The predicted octanol–water partition coefficient (Wildman–Crippen LogP) is 2.66. The largest absolute Gasteiger partial charge is 0.334 e. The molecule has 3 rings (SSSR count). The minimum Gasteiger partial charge on any atom is -0.334 e. The smallest absolute Gasteiger partial charge is 0.274 e. The number of carbonyl (C=O) groups is 1. The summed E-state index contributed by atoms with van der Waals surface area (Å²) in [6, 6.07) is 12.5. The first-order valence-electron chi connectivity index (χ1n) is 7.58. The van der Waals surface area contributed by atoms with Crippen molar-refractivity contribution in [1.82, 2.24) is 14.7 Å². The fourth-order valence-corrected chi connectivity index (χ4v) is 3.04. The van der Waals surface area contributed by atoms with Crippen LogP contribution in [0.3, 0.4) is 0 Å². The summed E-state index contributed by atoms with van der Waals surface area (Å²) in [7, 11) is 1.84. The van der Waals surface area contributed by atoms with Gasteiger partial charge in [0, 0.05) is 25.8 Å². The second kappa shape index (κ2) is 6.12. The van der Waals surface area contributed by atoms with Crippen molar-refractivity contribution in [3.8, 4) is 0 Å². The van der Waals surface area contributed by atoms with Crippen LogP contribution in [0.25, 0.3) is 0 Å². The van der Waals surface area contributed by atoms with Crippen LogP contribution >= 0.6 is 0 Å². The molecule has 1 saturated heterocycles. The molecule has 4 nitrogen and oxygen atoms in total. The Morgan fingerprint density at radius 1 is 1.24 bits per heavy atom. The van der Waals surface area contributed by atoms with Crippen molar-refractivity contribution in [2.45, 2.75) is 31.7 Å². The predicted molar refractivity (Wildman–Crippen MR) is 82.0 cm³/mol. The highest BCUT2D eigenvalue weighted by atomic mass is 16.2. The molecule has 110 valence electrons. The molecule has 1 fully saturated rings. The molecule has 21 heavy (non-hydrogen) atoms. The minimum atomic E-state index is 0.0660. The zero-order chi connectivity index (χ0) is 14.7. The van der Waals surface area contributed by atoms with Crippen molar-refractivity contribution < 1.29 is 4.79 Å². The van der Waals surface area contributed by atoms with Gasteiger partial charge in [-0.15, -0.1) is 0 Å². The van der Waals surface area contributed by atoms with Crippen LogP contribution in [-0.4, -0.2) is 33.2 Å². The van der Waals surface area contributed by atoms with Gasteiger partial charge in [0.1, 0.15) is 5.69 Å². The van der Waals surface area contributed by atoms with Gasteiger partial charge in [0.2, 0.25) is 0 Å². The Labute approximate surface area is 125 Å². The van der Waals surface area contributed by atoms with Crippen LogP contribution in [0.15, 0.2) is 42.6 Å². The van der Waals surface area contributed by atoms with Crippen molar-refractivity contribution in [2.75, 3.05) is 6.54 Å². The maximum Gasteiger partial charge on any atom is 0.274 e. The normalized spacial score (nSPS) is 18.7. The van der Waals surface area contributed by atoms with Gasteiger partial charge in [-0.05, 0) is 37.3 Å². The number of hydrogen-bond donors (Lipinski definition) is 0. The summed E-state index contributed by atoms with van der Waals surface area (Å²) in [5.41, 5.74) is 1.85. The lowest BCUT2D eigenvalue weighted by Crippen LogP contribution is -2.45. The molecule has 4 heteroatoms. The van der Waals surface area contributed by atoms with Crippen molar-refractivity contribution >= 4 is 5.91 Å². The monoisotopic (exact) mass is 283 g/mol. The van der Waals surface area contributed by atoms with Gasteiger partial charge in [-0.1, -0.05) is 30.3 Å². The molecule has 0 radical (unpaired) electrons. The lowest BCUT2D eigenvalue weighted by molar-refractivity contribution is 0.0606. The molecule has 1 aliphatic heterocycles. The third-order valence-corrected chi connectivity index (χ3v) is 4.13. The van der Waals surface area contributed by atoms with Crippen LogP contribution in [0, 0.1) is 0 Å². The van der Waals surface area contributed by atoms with E-state index in [1.165, 1.54) is 12.0 Å². The Balaban J connectivity index is 1.76. The Kier molecular flexibility index (Phi) is 4.04. The second-order valence-electron chi connectivity index (χ2n) is 5.71.